The van der Waals surface area contributed by atoms with Crippen molar-refractivity contribution in [2.24, 2.45) is 0 Å². The molecule has 0 aliphatic heterocycles. The van der Waals surface area contributed by atoms with E-state index in [9.17, 15) is 4.79 Å². The van der Waals surface area contributed by atoms with Gasteiger partial charge in [0.05, 0.1) is 11.8 Å². The van der Waals surface area contributed by atoms with Crippen LogP contribution in [-0.2, 0) is 11.2 Å². The maximum Gasteiger partial charge on any atom is 0.313 e. The summed E-state index contributed by atoms with van der Waals surface area (Å²) in [6.07, 6.45) is 2.76. The predicted octanol–water partition coefficient (Wildman–Crippen LogP) is 3.47. The van der Waals surface area contributed by atoms with Gasteiger partial charge in [-0.15, -0.1) is 21.5 Å². The van der Waals surface area contributed by atoms with E-state index in [4.69, 9.17) is 5.11 Å². The van der Waals surface area contributed by atoms with Crippen LogP contribution >= 0.6 is 23.1 Å². The molecule has 114 valence electrons. The average Bonchev–Trinajstić information content (AvgIpc) is 3.10. The Morgan fingerprint density at radius 3 is 2.86 bits per heavy atom. The van der Waals surface area contributed by atoms with Crippen molar-refractivity contribution in [3.63, 3.8) is 0 Å². The van der Waals surface area contributed by atoms with E-state index in [1.165, 1.54) is 16.6 Å². The number of hydrogen-bond donors (Lipinski definition) is 1. The maximum absolute atomic E-state index is 10.8. The van der Waals surface area contributed by atoms with Crippen molar-refractivity contribution in [3.8, 4) is 0 Å². The molecule has 0 radical (unpaired) electrons. The first-order chi connectivity index (χ1) is 10.2. The number of aromatic nitrogens is 3. The van der Waals surface area contributed by atoms with E-state index in [1.54, 1.807) is 11.3 Å². The second-order valence-corrected chi connectivity index (χ2v) is 6.56. The number of rotatable bonds is 8. The number of carboxylic acid groups (broad SMARTS) is 1. The van der Waals surface area contributed by atoms with E-state index in [0.29, 0.717) is 5.16 Å². The van der Waals surface area contributed by atoms with Crippen LogP contribution < -0.4 is 0 Å². The lowest BCUT2D eigenvalue weighted by molar-refractivity contribution is -0.133. The van der Waals surface area contributed by atoms with Gasteiger partial charge in [-0.3, -0.25) is 9.36 Å². The van der Waals surface area contributed by atoms with Gasteiger partial charge in [-0.05, 0) is 24.3 Å². The maximum atomic E-state index is 10.8. The highest BCUT2D eigenvalue weighted by Crippen LogP contribution is 2.31. The van der Waals surface area contributed by atoms with Crippen LogP contribution in [0.4, 0.5) is 0 Å². The lowest BCUT2D eigenvalue weighted by Crippen LogP contribution is -2.14. The SMILES string of the molecule is CCCc1nnc(SCC(=O)O)n1C(CC)c1cccs1. The van der Waals surface area contributed by atoms with E-state index < -0.39 is 5.97 Å². The van der Waals surface area contributed by atoms with Crippen LogP contribution in [-0.4, -0.2) is 31.6 Å². The summed E-state index contributed by atoms with van der Waals surface area (Å²) < 4.78 is 2.11. The predicted molar refractivity (Wildman–Crippen MR) is 85.1 cm³/mol. The van der Waals surface area contributed by atoms with Crippen LogP contribution in [0.3, 0.4) is 0 Å². The number of aliphatic carboxylic acids is 1. The summed E-state index contributed by atoms with van der Waals surface area (Å²) in [5, 5.41) is 20.1. The second kappa shape index (κ2) is 7.61. The molecule has 0 aliphatic carbocycles. The topological polar surface area (TPSA) is 68.0 Å². The highest BCUT2D eigenvalue weighted by Gasteiger charge is 2.22. The Hall–Kier alpha value is -1.34. The van der Waals surface area contributed by atoms with Crippen molar-refractivity contribution in [2.75, 3.05) is 5.75 Å². The minimum atomic E-state index is -0.837. The summed E-state index contributed by atoms with van der Waals surface area (Å²) in [7, 11) is 0. The third-order valence-corrected chi connectivity index (χ3v) is 5.00. The molecule has 1 atom stereocenters. The fourth-order valence-corrected chi connectivity index (χ4v) is 3.85. The summed E-state index contributed by atoms with van der Waals surface area (Å²) in [4.78, 5) is 12.1. The first-order valence-electron chi connectivity index (χ1n) is 6.99. The average molecular weight is 325 g/mol. The standard InChI is InChI=1S/C14H19N3O2S2/c1-3-6-12-15-16-14(21-9-13(18)19)17(12)10(4-2)11-7-5-8-20-11/h5,7-8,10H,3-4,6,9H2,1-2H3,(H,18,19). The minimum Gasteiger partial charge on any atom is -0.481 e. The lowest BCUT2D eigenvalue weighted by atomic mass is 10.1. The molecule has 21 heavy (non-hydrogen) atoms. The van der Waals surface area contributed by atoms with Gasteiger partial charge in [-0.2, -0.15) is 0 Å². The summed E-state index contributed by atoms with van der Waals surface area (Å²) >= 11 is 2.95. The smallest absolute Gasteiger partial charge is 0.313 e. The van der Waals surface area contributed by atoms with Crippen molar-refractivity contribution >= 4 is 29.1 Å². The Labute approximate surface area is 132 Å². The Morgan fingerprint density at radius 1 is 1.48 bits per heavy atom. The van der Waals surface area contributed by atoms with E-state index in [0.717, 1.165) is 25.1 Å². The van der Waals surface area contributed by atoms with E-state index in [2.05, 4.69) is 40.1 Å². The van der Waals surface area contributed by atoms with E-state index in [-0.39, 0.29) is 11.8 Å². The Kier molecular flexibility index (Phi) is 5.81. The number of thioether (sulfide) groups is 1. The zero-order valence-electron chi connectivity index (χ0n) is 12.2. The molecule has 1 N–H and O–H groups in total. The molecular weight excluding hydrogens is 306 g/mol. The van der Waals surface area contributed by atoms with Gasteiger partial charge < -0.3 is 5.11 Å². The third kappa shape index (κ3) is 3.85. The normalized spacial score (nSPS) is 12.5. The fraction of sp³-hybridized carbons (Fsp3) is 0.500. The summed E-state index contributed by atoms with van der Waals surface area (Å²) in [6, 6.07) is 4.33. The largest absolute Gasteiger partial charge is 0.481 e. The number of thiophene rings is 1. The molecule has 0 aliphatic rings. The Balaban J connectivity index is 2.36. The van der Waals surface area contributed by atoms with Crippen molar-refractivity contribution in [2.45, 2.75) is 44.3 Å². The molecule has 2 aromatic heterocycles. The van der Waals surface area contributed by atoms with E-state index in [1.807, 2.05) is 6.07 Å². The molecule has 0 saturated heterocycles. The quantitative estimate of drug-likeness (QED) is 0.753. The van der Waals surface area contributed by atoms with Gasteiger partial charge in [0.25, 0.3) is 0 Å². The number of carbonyl (C=O) groups is 1. The van der Waals surface area contributed by atoms with Crippen LogP contribution in [0.25, 0.3) is 0 Å². The van der Waals surface area contributed by atoms with Gasteiger partial charge in [0.15, 0.2) is 5.16 Å². The molecule has 2 heterocycles. The first kappa shape index (κ1) is 16.0. The van der Waals surface area contributed by atoms with Crippen molar-refractivity contribution in [1.29, 1.82) is 0 Å². The van der Waals surface area contributed by atoms with Gasteiger partial charge in [0.1, 0.15) is 5.82 Å². The van der Waals surface area contributed by atoms with E-state index >= 15 is 0 Å². The van der Waals surface area contributed by atoms with Crippen LogP contribution in [0.15, 0.2) is 22.7 Å². The zero-order valence-corrected chi connectivity index (χ0v) is 13.8. The summed E-state index contributed by atoms with van der Waals surface area (Å²) in [5.41, 5.74) is 0. The van der Waals surface area contributed by atoms with Gasteiger partial charge in [0.2, 0.25) is 0 Å². The fourth-order valence-electron chi connectivity index (χ4n) is 2.23. The summed E-state index contributed by atoms with van der Waals surface area (Å²) in [6.45, 7) is 4.24. The Morgan fingerprint density at radius 2 is 2.29 bits per heavy atom. The minimum absolute atomic E-state index is 0.00509. The molecule has 2 rings (SSSR count). The highest BCUT2D eigenvalue weighted by molar-refractivity contribution is 7.99. The number of carboxylic acids is 1. The molecule has 0 aromatic carbocycles. The molecule has 7 heteroatoms. The molecule has 2 aromatic rings. The molecule has 0 saturated carbocycles. The monoisotopic (exact) mass is 325 g/mol. The number of aryl methyl sites for hydroxylation is 1. The lowest BCUT2D eigenvalue weighted by Gasteiger charge is -2.19. The van der Waals surface area contributed by atoms with Crippen LogP contribution in [0, 0.1) is 0 Å². The molecule has 0 amide bonds. The first-order valence-corrected chi connectivity index (χ1v) is 8.85. The molecule has 1 unspecified atom stereocenters. The van der Waals surface area contributed by atoms with Crippen LogP contribution in [0.2, 0.25) is 0 Å². The number of nitrogens with zero attached hydrogens (tertiary/aromatic N) is 3. The molecule has 5 nitrogen and oxygen atoms in total. The summed E-state index contributed by atoms with van der Waals surface area (Å²) in [5.74, 6) is 0.104. The van der Waals surface area contributed by atoms with Crippen LogP contribution in [0.5, 0.6) is 0 Å². The highest BCUT2D eigenvalue weighted by atomic mass is 32.2. The van der Waals surface area contributed by atoms with Crippen molar-refractivity contribution in [3.05, 3.63) is 28.2 Å². The third-order valence-electron chi connectivity index (χ3n) is 3.10. The Bertz CT molecular complexity index is 581. The molecular formula is C14H19N3O2S2. The van der Waals surface area contributed by atoms with Crippen molar-refractivity contribution < 1.29 is 9.90 Å². The van der Waals surface area contributed by atoms with Gasteiger partial charge in [-0.1, -0.05) is 31.7 Å². The van der Waals surface area contributed by atoms with Gasteiger partial charge >= 0.3 is 5.97 Å². The van der Waals surface area contributed by atoms with Gasteiger partial charge in [-0.25, -0.2) is 0 Å². The second-order valence-electron chi connectivity index (χ2n) is 4.64. The van der Waals surface area contributed by atoms with Gasteiger partial charge in [0, 0.05) is 11.3 Å². The molecule has 0 bridgehead atoms. The van der Waals surface area contributed by atoms with Crippen LogP contribution in [0.1, 0.15) is 43.4 Å². The van der Waals surface area contributed by atoms with Crippen molar-refractivity contribution in [1.82, 2.24) is 14.8 Å². The molecule has 0 fully saturated rings. The molecule has 0 spiro atoms. The number of hydrogen-bond acceptors (Lipinski definition) is 5. The zero-order chi connectivity index (χ0) is 15.2.